The summed E-state index contributed by atoms with van der Waals surface area (Å²) in [6.45, 7) is 4.04. The number of sulfonamides is 1. The molecule has 6 nitrogen and oxygen atoms in total. The number of halogens is 1. The van der Waals surface area contributed by atoms with Crippen molar-refractivity contribution < 1.29 is 17.9 Å². The molecule has 0 radical (unpaired) electrons. The van der Waals surface area contributed by atoms with Crippen molar-refractivity contribution in [3.05, 3.63) is 76.8 Å². The summed E-state index contributed by atoms with van der Waals surface area (Å²) in [4.78, 5) is 12.9. The molecule has 1 aliphatic heterocycles. The van der Waals surface area contributed by atoms with E-state index in [4.69, 9.17) is 16.3 Å². The number of aryl methyl sites for hydroxylation is 2. The molecule has 0 spiro atoms. The Morgan fingerprint density at radius 2 is 1.78 bits per heavy atom. The number of hydrogen-bond acceptors (Lipinski definition) is 4. The highest BCUT2D eigenvalue weighted by atomic mass is 35.5. The van der Waals surface area contributed by atoms with Gasteiger partial charge in [-0.3, -0.25) is 9.10 Å². The number of carbonyl (C=O) groups excluding carboxylic acids is 1. The molecule has 0 saturated carbocycles. The summed E-state index contributed by atoms with van der Waals surface area (Å²) in [6.07, 6.45) is 0. The highest BCUT2D eigenvalue weighted by Gasteiger charge is 2.36. The molecule has 1 aliphatic rings. The van der Waals surface area contributed by atoms with Gasteiger partial charge in [0.25, 0.3) is 10.0 Å². The molecular formula is C24H23ClN2O4S. The summed E-state index contributed by atoms with van der Waals surface area (Å²) in [5, 5.41) is 3.35. The number of nitrogens with one attached hydrogen (secondary N) is 1. The van der Waals surface area contributed by atoms with Gasteiger partial charge in [0.05, 0.1) is 17.1 Å². The molecule has 8 heteroatoms. The lowest BCUT2D eigenvalue weighted by Gasteiger charge is -2.33. The minimum atomic E-state index is -3.87. The van der Waals surface area contributed by atoms with E-state index in [2.05, 4.69) is 5.32 Å². The zero-order valence-corrected chi connectivity index (χ0v) is 19.3. The second-order valence-electron chi connectivity index (χ2n) is 7.64. The number of ether oxygens (including phenoxy) is 1. The van der Waals surface area contributed by atoms with Gasteiger partial charge in [0, 0.05) is 16.1 Å². The number of hydrogen-bond donors (Lipinski definition) is 1. The van der Waals surface area contributed by atoms with Crippen molar-refractivity contribution in [3.63, 3.8) is 0 Å². The normalized spacial score (nSPS) is 13.8. The quantitative estimate of drug-likeness (QED) is 0.544. The van der Waals surface area contributed by atoms with Gasteiger partial charge in [0.15, 0.2) is 0 Å². The molecule has 1 N–H and O–H groups in total. The summed E-state index contributed by atoms with van der Waals surface area (Å²) < 4.78 is 33.5. The fourth-order valence-electron chi connectivity index (χ4n) is 3.89. The molecule has 0 saturated heterocycles. The van der Waals surface area contributed by atoms with Gasteiger partial charge in [0.1, 0.15) is 18.9 Å². The summed E-state index contributed by atoms with van der Waals surface area (Å²) in [5.41, 5.74) is 3.91. The van der Waals surface area contributed by atoms with Gasteiger partial charge in [0.2, 0.25) is 5.91 Å². The summed E-state index contributed by atoms with van der Waals surface area (Å²) in [6, 6.07) is 17.6. The molecule has 0 fully saturated rings. The van der Waals surface area contributed by atoms with Crippen LogP contribution in [0.5, 0.6) is 5.75 Å². The second-order valence-corrected chi connectivity index (χ2v) is 9.90. The highest BCUT2D eigenvalue weighted by molar-refractivity contribution is 7.93. The van der Waals surface area contributed by atoms with Crippen LogP contribution in [0.15, 0.2) is 65.6 Å². The lowest BCUT2D eigenvalue weighted by Crippen LogP contribution is -2.43. The molecule has 0 atom stereocenters. The predicted octanol–water partition coefficient (Wildman–Crippen LogP) is 4.33. The van der Waals surface area contributed by atoms with Gasteiger partial charge in [-0.1, -0.05) is 35.9 Å². The molecule has 0 bridgehead atoms. The molecule has 3 aromatic rings. The maximum atomic E-state index is 13.4. The molecular weight excluding hydrogens is 448 g/mol. The van der Waals surface area contributed by atoms with E-state index in [1.165, 1.54) is 4.31 Å². The van der Waals surface area contributed by atoms with Crippen LogP contribution in [0.2, 0.25) is 5.02 Å². The number of amides is 1. The van der Waals surface area contributed by atoms with Crippen LogP contribution in [0.25, 0.3) is 11.1 Å². The largest absolute Gasteiger partial charge is 0.492 e. The number of fused-ring (bicyclic) bond motifs is 3. The summed E-state index contributed by atoms with van der Waals surface area (Å²) in [5.74, 6) is 0.233. The smallest absolute Gasteiger partial charge is 0.265 e. The minimum Gasteiger partial charge on any atom is -0.492 e. The number of carbonyl (C=O) groups is 1. The van der Waals surface area contributed by atoms with Gasteiger partial charge in [-0.25, -0.2) is 8.42 Å². The van der Waals surface area contributed by atoms with Gasteiger partial charge in [-0.15, -0.1) is 0 Å². The number of benzene rings is 3. The molecule has 1 heterocycles. The van der Waals surface area contributed by atoms with Gasteiger partial charge in [-0.05, 0) is 61.4 Å². The van der Waals surface area contributed by atoms with Crippen LogP contribution in [-0.4, -0.2) is 34.0 Å². The summed E-state index contributed by atoms with van der Waals surface area (Å²) in [7, 11) is -3.87. The highest BCUT2D eigenvalue weighted by Crippen LogP contribution is 2.45. The van der Waals surface area contributed by atoms with Crippen LogP contribution in [0.3, 0.4) is 0 Å². The number of nitrogens with zero attached hydrogens (tertiary/aromatic N) is 1. The Hall–Kier alpha value is -3.03. The number of rotatable bonds is 6. The van der Waals surface area contributed by atoms with Crippen molar-refractivity contribution >= 4 is 33.2 Å². The summed E-state index contributed by atoms with van der Waals surface area (Å²) >= 11 is 5.85. The Morgan fingerprint density at radius 1 is 1.06 bits per heavy atom. The molecule has 3 aromatic carbocycles. The molecule has 0 unspecified atom stereocenters. The zero-order valence-electron chi connectivity index (χ0n) is 17.8. The van der Waals surface area contributed by atoms with E-state index < -0.39 is 15.9 Å². The Morgan fingerprint density at radius 3 is 2.53 bits per heavy atom. The second kappa shape index (κ2) is 8.84. The van der Waals surface area contributed by atoms with E-state index in [1.807, 2.05) is 32.0 Å². The van der Waals surface area contributed by atoms with Gasteiger partial charge < -0.3 is 10.1 Å². The van der Waals surface area contributed by atoms with Crippen LogP contribution in [0.4, 0.5) is 5.69 Å². The lowest BCUT2D eigenvalue weighted by atomic mass is 9.96. The SMILES string of the molecule is Cc1cc(C)c2c(c1)N(CC(=O)NCCOc1ccc(Cl)cc1)S(=O)(=O)c1ccccc1-2. The first kappa shape index (κ1) is 22.2. The average molecular weight is 471 g/mol. The van der Waals surface area contributed by atoms with E-state index in [9.17, 15) is 13.2 Å². The van der Waals surface area contributed by atoms with E-state index >= 15 is 0 Å². The molecule has 166 valence electrons. The predicted molar refractivity (Wildman–Crippen MR) is 126 cm³/mol. The Bertz CT molecular complexity index is 1270. The van der Waals surface area contributed by atoms with Gasteiger partial charge >= 0.3 is 0 Å². The van der Waals surface area contributed by atoms with Crippen molar-refractivity contribution in [2.24, 2.45) is 0 Å². The third-order valence-electron chi connectivity index (χ3n) is 5.25. The van der Waals surface area contributed by atoms with Crippen molar-refractivity contribution in [2.45, 2.75) is 18.7 Å². The van der Waals surface area contributed by atoms with Crippen molar-refractivity contribution in [1.29, 1.82) is 0 Å². The maximum absolute atomic E-state index is 13.4. The Balaban J connectivity index is 1.52. The monoisotopic (exact) mass is 470 g/mol. The van der Waals surface area contributed by atoms with Crippen LogP contribution in [0.1, 0.15) is 11.1 Å². The number of anilines is 1. The fourth-order valence-corrected chi connectivity index (χ4v) is 5.64. The minimum absolute atomic E-state index is 0.207. The van der Waals surface area contributed by atoms with E-state index in [0.29, 0.717) is 22.0 Å². The fraction of sp³-hybridized carbons (Fsp3) is 0.208. The van der Waals surface area contributed by atoms with E-state index in [0.717, 1.165) is 16.7 Å². The Labute approximate surface area is 192 Å². The lowest BCUT2D eigenvalue weighted by molar-refractivity contribution is -0.119. The molecule has 0 aliphatic carbocycles. The molecule has 32 heavy (non-hydrogen) atoms. The first-order chi connectivity index (χ1) is 15.3. The maximum Gasteiger partial charge on any atom is 0.265 e. The first-order valence-electron chi connectivity index (χ1n) is 10.2. The third kappa shape index (κ3) is 4.31. The average Bonchev–Trinajstić information content (AvgIpc) is 2.75. The van der Waals surface area contributed by atoms with Crippen molar-refractivity contribution in [3.8, 4) is 16.9 Å². The Kier molecular flexibility index (Phi) is 6.13. The van der Waals surface area contributed by atoms with E-state index in [1.54, 1.807) is 42.5 Å². The topological polar surface area (TPSA) is 75.7 Å². The van der Waals surface area contributed by atoms with Crippen LogP contribution < -0.4 is 14.4 Å². The van der Waals surface area contributed by atoms with Crippen molar-refractivity contribution in [1.82, 2.24) is 5.32 Å². The van der Waals surface area contributed by atoms with Crippen LogP contribution in [0, 0.1) is 13.8 Å². The third-order valence-corrected chi connectivity index (χ3v) is 7.32. The standard InChI is InChI=1S/C24H23ClN2O4S/c1-16-13-17(2)24-20-5-3-4-6-22(20)32(29,30)27(21(24)14-16)15-23(28)26-11-12-31-19-9-7-18(25)8-10-19/h3-10,13-14H,11-12,15H2,1-2H3,(H,26,28). The van der Waals surface area contributed by atoms with Crippen molar-refractivity contribution in [2.75, 3.05) is 24.0 Å². The van der Waals surface area contributed by atoms with Crippen LogP contribution >= 0.6 is 11.6 Å². The zero-order chi connectivity index (χ0) is 22.9. The molecule has 4 rings (SSSR count). The first-order valence-corrected chi connectivity index (χ1v) is 12.0. The van der Waals surface area contributed by atoms with Gasteiger partial charge in [-0.2, -0.15) is 0 Å². The molecule has 0 aromatic heterocycles. The van der Waals surface area contributed by atoms with E-state index in [-0.39, 0.29) is 24.6 Å². The molecule has 1 amide bonds. The van der Waals surface area contributed by atoms with Crippen LogP contribution in [-0.2, 0) is 14.8 Å².